The molecule has 0 radical (unpaired) electrons. The maximum atomic E-state index is 11.4. The molecule has 0 atom stereocenters. The van der Waals surface area contributed by atoms with Crippen molar-refractivity contribution < 1.29 is 14.3 Å². The summed E-state index contributed by atoms with van der Waals surface area (Å²) < 4.78 is 10.7. The molecule has 0 saturated carbocycles. The fourth-order valence-electron chi connectivity index (χ4n) is 1.84. The van der Waals surface area contributed by atoms with Gasteiger partial charge in [0.2, 0.25) is 0 Å². The SMILES string of the molecule is CCCCCCOc1cccc(C=CC(=O)OCCC)c1. The third-order valence-corrected chi connectivity index (χ3v) is 2.99. The van der Waals surface area contributed by atoms with Crippen molar-refractivity contribution in [2.24, 2.45) is 0 Å². The zero-order valence-electron chi connectivity index (χ0n) is 13.1. The quantitative estimate of drug-likeness (QED) is 0.358. The number of carbonyl (C=O) groups is 1. The Kier molecular flexibility index (Phi) is 9.01. The van der Waals surface area contributed by atoms with Crippen LogP contribution in [-0.4, -0.2) is 19.2 Å². The first kappa shape index (κ1) is 17.3. The van der Waals surface area contributed by atoms with E-state index in [2.05, 4.69) is 6.92 Å². The first-order valence-corrected chi connectivity index (χ1v) is 7.84. The van der Waals surface area contributed by atoms with E-state index in [1.807, 2.05) is 31.2 Å². The first-order valence-electron chi connectivity index (χ1n) is 7.84. The number of rotatable bonds is 10. The number of esters is 1. The van der Waals surface area contributed by atoms with Crippen LogP contribution in [-0.2, 0) is 9.53 Å². The van der Waals surface area contributed by atoms with Gasteiger partial charge in [-0.1, -0.05) is 45.2 Å². The summed E-state index contributed by atoms with van der Waals surface area (Å²) in [6.07, 6.45) is 8.82. The monoisotopic (exact) mass is 290 g/mol. The van der Waals surface area contributed by atoms with Crippen molar-refractivity contribution in [3.63, 3.8) is 0 Å². The van der Waals surface area contributed by atoms with E-state index in [-0.39, 0.29) is 5.97 Å². The van der Waals surface area contributed by atoms with Crippen LogP contribution in [0.2, 0.25) is 0 Å². The highest BCUT2D eigenvalue weighted by atomic mass is 16.5. The summed E-state index contributed by atoms with van der Waals surface area (Å²) in [5, 5.41) is 0. The van der Waals surface area contributed by atoms with Crippen LogP contribution in [0.1, 0.15) is 51.5 Å². The van der Waals surface area contributed by atoms with Gasteiger partial charge in [0, 0.05) is 6.08 Å². The molecule has 1 aromatic carbocycles. The molecule has 0 bridgehead atoms. The van der Waals surface area contributed by atoms with E-state index in [1.165, 1.54) is 25.3 Å². The Hall–Kier alpha value is -1.77. The highest BCUT2D eigenvalue weighted by Gasteiger charge is 1.98. The predicted molar refractivity (Wildman–Crippen MR) is 86.4 cm³/mol. The van der Waals surface area contributed by atoms with Crippen molar-refractivity contribution in [1.82, 2.24) is 0 Å². The highest BCUT2D eigenvalue weighted by molar-refractivity contribution is 5.87. The molecule has 1 rings (SSSR count). The van der Waals surface area contributed by atoms with Gasteiger partial charge in [0.25, 0.3) is 0 Å². The molecule has 0 aromatic heterocycles. The van der Waals surface area contributed by atoms with Gasteiger partial charge in [-0.3, -0.25) is 0 Å². The molecule has 1 aromatic rings. The van der Waals surface area contributed by atoms with E-state index in [4.69, 9.17) is 9.47 Å². The van der Waals surface area contributed by atoms with Crippen molar-refractivity contribution in [3.05, 3.63) is 35.9 Å². The van der Waals surface area contributed by atoms with Gasteiger partial charge >= 0.3 is 5.97 Å². The maximum Gasteiger partial charge on any atom is 0.330 e. The third kappa shape index (κ3) is 8.18. The molecule has 116 valence electrons. The lowest BCUT2D eigenvalue weighted by Crippen LogP contribution is -2.00. The minimum absolute atomic E-state index is 0.303. The molecular weight excluding hydrogens is 264 g/mol. The lowest BCUT2D eigenvalue weighted by Gasteiger charge is -2.06. The van der Waals surface area contributed by atoms with Crippen LogP contribution in [0.5, 0.6) is 5.75 Å². The molecule has 21 heavy (non-hydrogen) atoms. The summed E-state index contributed by atoms with van der Waals surface area (Å²) in [4.78, 5) is 11.4. The van der Waals surface area contributed by atoms with Crippen LogP contribution < -0.4 is 4.74 Å². The van der Waals surface area contributed by atoms with E-state index in [0.717, 1.165) is 30.8 Å². The second kappa shape index (κ2) is 11.0. The van der Waals surface area contributed by atoms with Crippen LogP contribution in [0.25, 0.3) is 6.08 Å². The fourth-order valence-corrected chi connectivity index (χ4v) is 1.84. The van der Waals surface area contributed by atoms with Gasteiger partial charge in [0.05, 0.1) is 13.2 Å². The van der Waals surface area contributed by atoms with Crippen LogP contribution in [0.3, 0.4) is 0 Å². The van der Waals surface area contributed by atoms with Gasteiger partial charge in [-0.2, -0.15) is 0 Å². The zero-order valence-corrected chi connectivity index (χ0v) is 13.1. The van der Waals surface area contributed by atoms with Gasteiger partial charge in [-0.15, -0.1) is 0 Å². The number of carbonyl (C=O) groups excluding carboxylic acids is 1. The molecule has 0 N–H and O–H groups in total. The lowest BCUT2D eigenvalue weighted by molar-refractivity contribution is -0.137. The van der Waals surface area contributed by atoms with Crippen molar-refractivity contribution >= 4 is 12.0 Å². The molecule has 0 aliphatic heterocycles. The van der Waals surface area contributed by atoms with E-state index in [0.29, 0.717) is 6.61 Å². The van der Waals surface area contributed by atoms with Crippen LogP contribution in [0.15, 0.2) is 30.3 Å². The summed E-state index contributed by atoms with van der Waals surface area (Å²) in [6.45, 7) is 5.37. The Labute approximate surface area is 128 Å². The maximum absolute atomic E-state index is 11.4. The minimum atomic E-state index is -0.303. The van der Waals surface area contributed by atoms with Crippen molar-refractivity contribution in [2.45, 2.75) is 46.0 Å². The van der Waals surface area contributed by atoms with Gasteiger partial charge in [-0.05, 0) is 36.6 Å². The molecule has 0 aliphatic carbocycles. The van der Waals surface area contributed by atoms with E-state index in [9.17, 15) is 4.79 Å². The highest BCUT2D eigenvalue weighted by Crippen LogP contribution is 2.15. The number of hydrogen-bond donors (Lipinski definition) is 0. The second-order valence-corrected chi connectivity index (χ2v) is 4.98. The average Bonchev–Trinajstić information content (AvgIpc) is 2.51. The molecule has 0 spiro atoms. The fraction of sp³-hybridized carbons (Fsp3) is 0.500. The molecule has 0 saturated heterocycles. The largest absolute Gasteiger partial charge is 0.494 e. The van der Waals surface area contributed by atoms with Crippen LogP contribution in [0.4, 0.5) is 0 Å². The van der Waals surface area contributed by atoms with E-state index >= 15 is 0 Å². The van der Waals surface area contributed by atoms with Gasteiger partial charge < -0.3 is 9.47 Å². The Morgan fingerprint density at radius 2 is 1.95 bits per heavy atom. The molecule has 3 nitrogen and oxygen atoms in total. The van der Waals surface area contributed by atoms with E-state index in [1.54, 1.807) is 6.08 Å². The van der Waals surface area contributed by atoms with Crippen molar-refractivity contribution in [2.75, 3.05) is 13.2 Å². The Morgan fingerprint density at radius 1 is 1.10 bits per heavy atom. The summed E-state index contributed by atoms with van der Waals surface area (Å²) in [5.74, 6) is 0.540. The lowest BCUT2D eigenvalue weighted by atomic mass is 10.2. The number of benzene rings is 1. The van der Waals surface area contributed by atoms with E-state index < -0.39 is 0 Å². The Morgan fingerprint density at radius 3 is 2.71 bits per heavy atom. The van der Waals surface area contributed by atoms with Gasteiger partial charge in [0.1, 0.15) is 5.75 Å². The molecule has 0 aliphatic rings. The summed E-state index contributed by atoms with van der Waals surface area (Å²) in [7, 11) is 0. The first-order chi connectivity index (χ1) is 10.3. The molecule has 0 heterocycles. The summed E-state index contributed by atoms with van der Waals surface area (Å²) in [6, 6.07) is 7.74. The molecule has 0 unspecified atom stereocenters. The number of unbranched alkanes of at least 4 members (excludes halogenated alkanes) is 3. The average molecular weight is 290 g/mol. The van der Waals surface area contributed by atoms with Gasteiger partial charge in [0.15, 0.2) is 0 Å². The van der Waals surface area contributed by atoms with Crippen molar-refractivity contribution in [3.8, 4) is 5.75 Å². The molecule has 0 amide bonds. The molecule has 0 fully saturated rings. The molecule has 3 heteroatoms. The molecular formula is C18H26O3. The third-order valence-electron chi connectivity index (χ3n) is 2.99. The topological polar surface area (TPSA) is 35.5 Å². The second-order valence-electron chi connectivity index (χ2n) is 4.98. The van der Waals surface area contributed by atoms with Crippen molar-refractivity contribution in [1.29, 1.82) is 0 Å². The predicted octanol–water partition coefficient (Wildman–Crippen LogP) is 4.61. The zero-order chi connectivity index (χ0) is 15.3. The Balaban J connectivity index is 2.41. The standard InChI is InChI=1S/C18H26O3/c1-3-5-6-7-14-20-17-10-8-9-16(15-17)11-12-18(19)21-13-4-2/h8-12,15H,3-7,13-14H2,1-2H3. The minimum Gasteiger partial charge on any atom is -0.494 e. The number of ether oxygens (including phenoxy) is 2. The Bertz CT molecular complexity index is 438. The van der Waals surface area contributed by atoms with Crippen LogP contribution >= 0.6 is 0 Å². The van der Waals surface area contributed by atoms with Gasteiger partial charge in [-0.25, -0.2) is 4.79 Å². The van der Waals surface area contributed by atoms with Crippen LogP contribution in [0, 0.1) is 0 Å². The number of hydrogen-bond acceptors (Lipinski definition) is 3. The smallest absolute Gasteiger partial charge is 0.330 e. The summed E-state index contributed by atoms with van der Waals surface area (Å²) >= 11 is 0. The normalized spacial score (nSPS) is 10.8. The summed E-state index contributed by atoms with van der Waals surface area (Å²) in [5.41, 5.74) is 0.939.